The maximum Gasteiger partial charge on any atom is 0.284 e. The van der Waals surface area contributed by atoms with Crippen molar-refractivity contribution in [1.29, 1.82) is 0 Å². The van der Waals surface area contributed by atoms with E-state index < -0.39 is 20.9 Å². The van der Waals surface area contributed by atoms with Crippen molar-refractivity contribution in [3.05, 3.63) is 48.7 Å². The molecule has 0 aromatic carbocycles. The van der Waals surface area contributed by atoms with E-state index in [1.165, 1.54) is 43.8 Å². The predicted molar refractivity (Wildman–Crippen MR) is 64.0 cm³/mol. The minimum Gasteiger partial charge on any atom is -0.268 e. The number of anilines is 1. The Morgan fingerprint density at radius 1 is 1.17 bits per heavy atom. The van der Waals surface area contributed by atoms with Crippen LogP contribution in [0, 0.1) is 5.82 Å². The lowest BCUT2D eigenvalue weighted by Crippen LogP contribution is -2.28. The first-order valence-electron chi connectivity index (χ1n) is 5.03. The first-order valence-corrected chi connectivity index (χ1v) is 6.47. The van der Waals surface area contributed by atoms with Crippen LogP contribution in [0.5, 0.6) is 0 Å². The molecule has 0 bridgehead atoms. The maximum absolute atomic E-state index is 13.5. The average Bonchev–Trinajstić information content (AvgIpc) is 2.39. The van der Waals surface area contributed by atoms with Crippen LogP contribution in [-0.4, -0.2) is 25.4 Å². The van der Waals surface area contributed by atoms with Gasteiger partial charge in [-0.25, -0.2) is 9.37 Å². The second-order valence-electron chi connectivity index (χ2n) is 3.47. The van der Waals surface area contributed by atoms with Crippen LogP contribution in [0.3, 0.4) is 0 Å². The molecule has 0 spiro atoms. The van der Waals surface area contributed by atoms with Crippen molar-refractivity contribution in [2.75, 3.05) is 11.4 Å². The summed E-state index contributed by atoms with van der Waals surface area (Å²) in [6.45, 7) is 0. The Hall–Kier alpha value is -2.02. The Morgan fingerprint density at radius 2 is 1.83 bits per heavy atom. The summed E-state index contributed by atoms with van der Waals surface area (Å²) in [5, 5.41) is -0.593. The summed E-state index contributed by atoms with van der Waals surface area (Å²) in [5.41, 5.74) is 0.384. The Kier molecular flexibility index (Phi) is 3.24. The van der Waals surface area contributed by atoms with Crippen LogP contribution in [0.15, 0.2) is 47.9 Å². The fourth-order valence-electron chi connectivity index (χ4n) is 1.38. The molecule has 2 rings (SSSR count). The number of pyridine rings is 2. The lowest BCUT2D eigenvalue weighted by atomic mass is 10.4. The molecule has 0 aliphatic carbocycles. The predicted octanol–water partition coefficient (Wildman–Crippen LogP) is 1.44. The first kappa shape index (κ1) is 12.4. The van der Waals surface area contributed by atoms with Gasteiger partial charge in [-0.2, -0.15) is 8.42 Å². The highest BCUT2D eigenvalue weighted by Crippen LogP contribution is 2.21. The Morgan fingerprint density at radius 3 is 2.44 bits per heavy atom. The average molecular weight is 267 g/mol. The zero-order chi connectivity index (χ0) is 13.2. The van der Waals surface area contributed by atoms with Crippen molar-refractivity contribution in [3.8, 4) is 0 Å². The lowest BCUT2D eigenvalue weighted by Gasteiger charge is -2.18. The van der Waals surface area contributed by atoms with E-state index >= 15 is 0 Å². The molecule has 2 aromatic heterocycles. The molecule has 0 fully saturated rings. The molecule has 0 amide bonds. The second-order valence-corrected chi connectivity index (χ2v) is 5.35. The van der Waals surface area contributed by atoms with Gasteiger partial charge >= 0.3 is 0 Å². The summed E-state index contributed by atoms with van der Waals surface area (Å²) in [6, 6.07) is 5.41. The van der Waals surface area contributed by atoms with E-state index in [9.17, 15) is 12.8 Å². The summed E-state index contributed by atoms with van der Waals surface area (Å²) in [7, 11) is -2.67. The summed E-state index contributed by atoms with van der Waals surface area (Å²) < 4.78 is 38.8. The number of hydrogen-bond donors (Lipinski definition) is 0. The van der Waals surface area contributed by atoms with Crippen LogP contribution in [0.4, 0.5) is 10.1 Å². The fraction of sp³-hybridized carbons (Fsp3) is 0.0909. The topological polar surface area (TPSA) is 63.2 Å². The minimum atomic E-state index is -4.00. The van der Waals surface area contributed by atoms with Gasteiger partial charge in [-0.3, -0.25) is 9.29 Å². The van der Waals surface area contributed by atoms with Gasteiger partial charge in [0, 0.05) is 25.6 Å². The number of rotatable bonds is 3. The largest absolute Gasteiger partial charge is 0.284 e. The standard InChI is InChI=1S/C11H10FN3O2S/c1-15(9-4-7-13-8-5-9)18(16,17)11-10(12)3-2-6-14-11/h2-8H,1H3. The molecule has 0 N–H and O–H groups in total. The highest BCUT2D eigenvalue weighted by Gasteiger charge is 2.26. The monoisotopic (exact) mass is 267 g/mol. The highest BCUT2D eigenvalue weighted by atomic mass is 32.2. The number of aromatic nitrogens is 2. The normalized spacial score (nSPS) is 11.2. The number of sulfonamides is 1. The number of hydrogen-bond acceptors (Lipinski definition) is 4. The third kappa shape index (κ3) is 2.17. The Balaban J connectivity index is 2.48. The molecule has 2 aromatic rings. The van der Waals surface area contributed by atoms with Crippen molar-refractivity contribution in [1.82, 2.24) is 9.97 Å². The van der Waals surface area contributed by atoms with Gasteiger partial charge in [0.1, 0.15) is 0 Å². The van der Waals surface area contributed by atoms with Gasteiger partial charge in [0.15, 0.2) is 5.82 Å². The fourth-order valence-corrected chi connectivity index (χ4v) is 2.55. The first-order chi connectivity index (χ1) is 8.53. The highest BCUT2D eigenvalue weighted by molar-refractivity contribution is 7.92. The molecule has 0 aliphatic heterocycles. The van der Waals surface area contributed by atoms with Crippen LogP contribution < -0.4 is 4.31 Å². The molecule has 0 radical (unpaired) electrons. The van der Waals surface area contributed by atoms with Crippen LogP contribution in [0.2, 0.25) is 0 Å². The van der Waals surface area contributed by atoms with Crippen molar-refractivity contribution in [3.63, 3.8) is 0 Å². The van der Waals surface area contributed by atoms with E-state index in [0.29, 0.717) is 5.69 Å². The quantitative estimate of drug-likeness (QED) is 0.844. The molecule has 2 heterocycles. The molecule has 0 saturated carbocycles. The molecular weight excluding hydrogens is 257 g/mol. The van der Waals surface area contributed by atoms with Crippen LogP contribution in [0.1, 0.15) is 0 Å². The van der Waals surface area contributed by atoms with Gasteiger partial charge in [-0.1, -0.05) is 0 Å². The molecule has 0 aliphatic rings. The van der Waals surface area contributed by atoms with Crippen molar-refractivity contribution in [2.24, 2.45) is 0 Å². The van der Waals surface area contributed by atoms with Crippen LogP contribution in [0.25, 0.3) is 0 Å². The third-order valence-corrected chi connectivity index (χ3v) is 4.08. The van der Waals surface area contributed by atoms with Gasteiger partial charge < -0.3 is 0 Å². The zero-order valence-electron chi connectivity index (χ0n) is 9.49. The third-order valence-electron chi connectivity index (χ3n) is 2.36. The number of nitrogens with zero attached hydrogens (tertiary/aromatic N) is 3. The van der Waals surface area contributed by atoms with E-state index in [1.54, 1.807) is 0 Å². The maximum atomic E-state index is 13.5. The van der Waals surface area contributed by atoms with Gasteiger partial charge in [0.05, 0.1) is 5.69 Å². The van der Waals surface area contributed by atoms with E-state index in [1.807, 2.05) is 0 Å². The summed E-state index contributed by atoms with van der Waals surface area (Å²) >= 11 is 0. The van der Waals surface area contributed by atoms with E-state index in [0.717, 1.165) is 10.4 Å². The molecule has 7 heteroatoms. The van der Waals surface area contributed by atoms with E-state index in [4.69, 9.17) is 0 Å². The van der Waals surface area contributed by atoms with Crippen molar-refractivity contribution < 1.29 is 12.8 Å². The smallest absolute Gasteiger partial charge is 0.268 e. The van der Waals surface area contributed by atoms with E-state index in [2.05, 4.69) is 9.97 Å². The molecule has 0 saturated heterocycles. The molecule has 94 valence electrons. The molecule has 0 atom stereocenters. The van der Waals surface area contributed by atoms with Gasteiger partial charge in [0.2, 0.25) is 5.03 Å². The molecule has 5 nitrogen and oxygen atoms in total. The molecule has 0 unspecified atom stereocenters. The minimum absolute atomic E-state index is 0.384. The van der Waals surface area contributed by atoms with Gasteiger partial charge in [-0.15, -0.1) is 0 Å². The van der Waals surface area contributed by atoms with Crippen molar-refractivity contribution >= 4 is 15.7 Å². The van der Waals surface area contributed by atoms with E-state index in [-0.39, 0.29) is 0 Å². The summed E-state index contributed by atoms with van der Waals surface area (Å²) in [6.07, 6.45) is 4.14. The Bertz CT molecular complexity index is 646. The SMILES string of the molecule is CN(c1ccncc1)S(=O)(=O)c1ncccc1F. The Labute approximate surface area is 104 Å². The molecule has 18 heavy (non-hydrogen) atoms. The summed E-state index contributed by atoms with van der Waals surface area (Å²) in [4.78, 5) is 7.37. The lowest BCUT2D eigenvalue weighted by molar-refractivity contribution is 0.552. The zero-order valence-corrected chi connectivity index (χ0v) is 10.3. The van der Waals surface area contributed by atoms with Crippen LogP contribution >= 0.6 is 0 Å². The second kappa shape index (κ2) is 4.69. The number of halogens is 1. The molecular formula is C11H10FN3O2S. The van der Waals surface area contributed by atoms with Crippen molar-refractivity contribution in [2.45, 2.75) is 5.03 Å². The van der Waals surface area contributed by atoms with Gasteiger partial charge in [0.25, 0.3) is 10.0 Å². The summed E-state index contributed by atoms with van der Waals surface area (Å²) in [5.74, 6) is -0.876. The van der Waals surface area contributed by atoms with Gasteiger partial charge in [-0.05, 0) is 24.3 Å². The van der Waals surface area contributed by atoms with Crippen LogP contribution in [-0.2, 0) is 10.0 Å².